The van der Waals surface area contributed by atoms with Crippen molar-refractivity contribution in [3.05, 3.63) is 51.7 Å². The third-order valence-electron chi connectivity index (χ3n) is 4.87. The summed E-state index contributed by atoms with van der Waals surface area (Å²) in [5.41, 5.74) is 0.349. The number of aliphatic imine (C=N–C) groups is 1. The fourth-order valence-electron chi connectivity index (χ4n) is 3.07. The van der Waals surface area contributed by atoms with E-state index in [0.29, 0.717) is 17.0 Å². The molecule has 0 unspecified atom stereocenters. The van der Waals surface area contributed by atoms with Gasteiger partial charge in [0.25, 0.3) is 5.91 Å². The summed E-state index contributed by atoms with van der Waals surface area (Å²) in [5.74, 6) is -1.10. The monoisotopic (exact) mass is 532 g/mol. The van der Waals surface area contributed by atoms with E-state index in [-0.39, 0.29) is 33.2 Å². The van der Waals surface area contributed by atoms with Gasteiger partial charge in [0.2, 0.25) is 20.2 Å². The van der Waals surface area contributed by atoms with Crippen LogP contribution in [0.1, 0.15) is 36.0 Å². The predicted octanol–water partition coefficient (Wildman–Crippen LogP) is 3.77. The Labute approximate surface area is 209 Å². The molecule has 0 spiro atoms. The van der Waals surface area contributed by atoms with Gasteiger partial charge in [-0.25, -0.2) is 18.1 Å². The first-order chi connectivity index (χ1) is 16.6. The van der Waals surface area contributed by atoms with Gasteiger partial charge in [0.1, 0.15) is 10.7 Å². The lowest BCUT2D eigenvalue weighted by atomic mass is 10.1. The zero-order chi connectivity index (χ0) is 25.3. The van der Waals surface area contributed by atoms with E-state index in [1.807, 2.05) is 0 Å². The van der Waals surface area contributed by atoms with Crippen molar-refractivity contribution in [2.24, 2.45) is 9.39 Å². The van der Waals surface area contributed by atoms with Crippen molar-refractivity contribution in [1.82, 2.24) is 4.90 Å². The summed E-state index contributed by atoms with van der Waals surface area (Å²) in [4.78, 5) is 30.4. The largest absolute Gasteiger partial charge is 0.490 e. The van der Waals surface area contributed by atoms with Crippen molar-refractivity contribution in [2.75, 3.05) is 6.61 Å². The fraction of sp³-hybridized carbons (Fsp3) is 0.227. The van der Waals surface area contributed by atoms with Crippen LogP contribution in [0.2, 0.25) is 0 Å². The van der Waals surface area contributed by atoms with E-state index >= 15 is 0 Å². The van der Waals surface area contributed by atoms with Crippen LogP contribution in [-0.2, 0) is 14.6 Å². The number of amides is 1. The van der Waals surface area contributed by atoms with Crippen molar-refractivity contribution < 1.29 is 27.5 Å². The Balaban J connectivity index is 1.66. The van der Waals surface area contributed by atoms with Gasteiger partial charge in [0, 0.05) is 0 Å². The molecule has 0 saturated heterocycles. The number of nitrogens with one attached hydrogen (secondary N) is 1. The second kappa shape index (κ2) is 9.76. The zero-order valence-electron chi connectivity index (χ0n) is 18.8. The number of fused-ring (bicyclic) bond motifs is 1. The molecule has 2 aliphatic heterocycles. The number of carbonyl (C=O) groups is 2. The third-order valence-corrected chi connectivity index (χ3v) is 8.56. The summed E-state index contributed by atoms with van der Waals surface area (Å²) in [5, 5.41) is 9.24. The number of esters is 1. The lowest BCUT2D eigenvalue weighted by molar-refractivity contribution is -0.114. The minimum absolute atomic E-state index is 0.0159. The number of hydrogen-bond donors (Lipinski definition) is 1. The predicted molar refractivity (Wildman–Crippen MR) is 136 cm³/mol. The Morgan fingerprint density at radius 2 is 2.03 bits per heavy atom. The molecule has 4 rings (SSSR count). The van der Waals surface area contributed by atoms with Crippen LogP contribution >= 0.6 is 23.3 Å². The molecule has 13 heteroatoms. The molecule has 1 N–H and O–H groups in total. The average molecular weight is 533 g/mol. The Bertz CT molecular complexity index is 1410. The molecule has 0 saturated carbocycles. The van der Waals surface area contributed by atoms with Crippen LogP contribution in [0.15, 0.2) is 50.7 Å². The first-order valence-corrected chi connectivity index (χ1v) is 13.6. The molecule has 2 aliphatic rings. The Morgan fingerprint density at radius 3 is 2.69 bits per heavy atom. The van der Waals surface area contributed by atoms with E-state index in [1.165, 1.54) is 37.3 Å². The average Bonchev–Trinajstić information content (AvgIpc) is 3.49. The highest BCUT2D eigenvalue weighted by atomic mass is 32.2. The second-order valence-corrected chi connectivity index (χ2v) is 11.6. The molecular formula is C22H20N4O6S3. The highest BCUT2D eigenvalue weighted by Gasteiger charge is 2.43. The molecule has 0 atom stereocenters. The summed E-state index contributed by atoms with van der Waals surface area (Å²) >= 11 is 1.99. The molecule has 1 aromatic carbocycles. The summed E-state index contributed by atoms with van der Waals surface area (Å²) < 4.78 is 40.4. The van der Waals surface area contributed by atoms with Gasteiger partial charge in [0.05, 0.1) is 29.4 Å². The summed E-state index contributed by atoms with van der Waals surface area (Å²) in [6.45, 7) is 5.09. The van der Waals surface area contributed by atoms with Crippen molar-refractivity contribution in [2.45, 2.75) is 26.0 Å². The summed E-state index contributed by atoms with van der Waals surface area (Å²) in [6, 6.07) is 8.06. The van der Waals surface area contributed by atoms with Crippen molar-refractivity contribution in [3.63, 3.8) is 0 Å². The van der Waals surface area contributed by atoms with E-state index < -0.39 is 27.0 Å². The van der Waals surface area contributed by atoms with Gasteiger partial charge in [-0.15, -0.1) is 11.3 Å². The van der Waals surface area contributed by atoms with Gasteiger partial charge in [-0.2, -0.15) is 9.39 Å². The van der Waals surface area contributed by atoms with E-state index in [9.17, 15) is 18.0 Å². The molecule has 10 nitrogen and oxygen atoms in total. The molecular weight excluding hydrogens is 512 g/mol. The lowest BCUT2D eigenvalue weighted by Gasteiger charge is -2.25. The second-order valence-electron chi connectivity index (χ2n) is 7.51. The highest BCUT2D eigenvalue weighted by Crippen LogP contribution is 2.33. The molecule has 1 amide bonds. The molecule has 0 bridgehead atoms. The maximum Gasteiger partial charge on any atom is 0.353 e. The number of hydrogen-bond acceptors (Lipinski definition) is 10. The lowest BCUT2D eigenvalue weighted by Crippen LogP contribution is -2.46. The molecule has 2 aromatic rings. The van der Waals surface area contributed by atoms with Gasteiger partial charge in [0.15, 0.2) is 11.5 Å². The van der Waals surface area contributed by atoms with Gasteiger partial charge in [-0.05, 0) is 56.0 Å². The molecule has 35 heavy (non-hydrogen) atoms. The van der Waals surface area contributed by atoms with E-state index in [0.717, 1.165) is 16.8 Å². The van der Waals surface area contributed by atoms with Crippen LogP contribution in [0.25, 0.3) is 6.08 Å². The van der Waals surface area contributed by atoms with E-state index in [2.05, 4.69) is 9.39 Å². The zero-order valence-corrected chi connectivity index (χ0v) is 21.3. The number of nitrogens with zero attached hydrogens (tertiary/aromatic N) is 3. The quantitative estimate of drug-likeness (QED) is 0.257. The maximum absolute atomic E-state index is 12.7. The first-order valence-electron chi connectivity index (χ1n) is 10.4. The number of ether oxygens (including phenoxy) is 2. The normalized spacial score (nSPS) is 16.9. The van der Waals surface area contributed by atoms with Gasteiger partial charge < -0.3 is 9.47 Å². The van der Waals surface area contributed by atoms with Crippen LogP contribution < -0.4 is 9.47 Å². The molecule has 0 fully saturated rings. The minimum atomic E-state index is -3.82. The first kappa shape index (κ1) is 24.8. The Hall–Kier alpha value is -3.29. The van der Waals surface area contributed by atoms with Gasteiger partial charge >= 0.3 is 5.97 Å². The summed E-state index contributed by atoms with van der Waals surface area (Å²) in [6.07, 6.45) is 1.40. The van der Waals surface area contributed by atoms with Crippen molar-refractivity contribution >= 4 is 67.2 Å². The smallest absolute Gasteiger partial charge is 0.353 e. The fourth-order valence-corrected chi connectivity index (χ4v) is 5.73. The molecule has 0 radical (unpaired) electrons. The molecule has 182 valence electrons. The summed E-state index contributed by atoms with van der Waals surface area (Å²) in [7, 11) is -3.82. The van der Waals surface area contributed by atoms with Crippen LogP contribution in [0.5, 0.6) is 11.5 Å². The van der Waals surface area contributed by atoms with Gasteiger partial charge in [-0.3, -0.25) is 10.2 Å². The Kier molecular flexibility index (Phi) is 6.92. The van der Waals surface area contributed by atoms with Crippen LogP contribution in [0, 0.1) is 5.41 Å². The third kappa shape index (κ3) is 4.79. The van der Waals surface area contributed by atoms with Gasteiger partial charge in [-0.1, -0.05) is 12.1 Å². The number of thiophene rings is 1. The molecule has 3 heterocycles. The number of amidine groups is 3. The molecule has 1 aromatic heterocycles. The number of carbonyl (C=O) groups excluding carboxylic acids is 2. The van der Waals surface area contributed by atoms with Crippen molar-refractivity contribution in [3.8, 4) is 11.5 Å². The van der Waals surface area contributed by atoms with Crippen LogP contribution in [0.3, 0.4) is 0 Å². The minimum Gasteiger partial charge on any atom is -0.490 e. The highest BCUT2D eigenvalue weighted by molar-refractivity contribution is 8.16. The standard InChI is InChI=1S/C22H20N4O6S3/c1-4-31-16-11-13(7-8-15(16)32-20(28)17-6-5-9-33-17)10-14-18(23)26-21(24-19(14)27)34-25-22(26)35(29,30)12(2)3/h5-12,23H,4H2,1-3H3/b14-10-,23-18?. The number of sulfone groups is 1. The maximum atomic E-state index is 12.7. The van der Waals surface area contributed by atoms with E-state index in [1.54, 1.807) is 36.6 Å². The van der Waals surface area contributed by atoms with Crippen LogP contribution in [-0.4, -0.2) is 53.2 Å². The number of rotatable bonds is 6. The SMILES string of the molecule is CCOc1cc(/C=C2/C(=N)N3C(=NC2=O)SN=C3S(=O)(=O)C(C)C)ccc1OC(=O)c1cccs1. The number of benzene rings is 1. The van der Waals surface area contributed by atoms with E-state index in [4.69, 9.17) is 14.9 Å². The molecule has 0 aliphatic carbocycles. The Morgan fingerprint density at radius 1 is 1.26 bits per heavy atom. The van der Waals surface area contributed by atoms with Crippen LogP contribution in [0.4, 0.5) is 0 Å². The van der Waals surface area contributed by atoms with Crippen molar-refractivity contribution in [1.29, 1.82) is 5.41 Å². The topological polar surface area (TPSA) is 139 Å².